The molecule has 2 unspecified atom stereocenters. The van der Waals surface area contributed by atoms with Gasteiger partial charge >= 0.3 is 0 Å². The zero-order chi connectivity index (χ0) is 22.1. The number of benzene rings is 2. The van der Waals surface area contributed by atoms with Gasteiger partial charge in [0.1, 0.15) is 4.90 Å². The average molecular weight is 479 g/mol. The number of amides is 1. The number of hydrogen-bond acceptors (Lipinski definition) is 4. The molecule has 6 nitrogen and oxygen atoms in total. The Morgan fingerprint density at radius 3 is 2.50 bits per heavy atom. The quantitative estimate of drug-likeness (QED) is 0.563. The lowest BCUT2D eigenvalue weighted by Crippen LogP contribution is -2.39. The zero-order valence-corrected chi connectivity index (χ0v) is 17.8. The topological polar surface area (TPSA) is 95.5 Å². The molecular weight excluding hydrogens is 461 g/mol. The SMILES string of the molecule is O=C(Nc1cc(F)c(F)c(Cl)c1)c1ccc(Cl)c(S(=O)(=O)NC2CCCC(O)C2)c1. The number of aliphatic hydroxyl groups is 1. The first-order chi connectivity index (χ1) is 14.1. The molecule has 1 aliphatic rings. The van der Waals surface area contributed by atoms with Crippen molar-refractivity contribution in [2.75, 3.05) is 5.32 Å². The van der Waals surface area contributed by atoms with Gasteiger partial charge < -0.3 is 10.4 Å². The van der Waals surface area contributed by atoms with E-state index < -0.39 is 44.7 Å². The van der Waals surface area contributed by atoms with Gasteiger partial charge in [0, 0.05) is 23.4 Å². The van der Waals surface area contributed by atoms with Crippen molar-refractivity contribution in [3.05, 3.63) is 57.6 Å². The monoisotopic (exact) mass is 478 g/mol. The molecule has 0 bridgehead atoms. The van der Waals surface area contributed by atoms with Crippen LogP contribution in [0.1, 0.15) is 36.0 Å². The second kappa shape index (κ2) is 9.15. The van der Waals surface area contributed by atoms with Crippen LogP contribution >= 0.6 is 23.2 Å². The van der Waals surface area contributed by atoms with Crippen LogP contribution in [0.3, 0.4) is 0 Å². The van der Waals surface area contributed by atoms with E-state index in [9.17, 15) is 27.1 Å². The highest BCUT2D eigenvalue weighted by Crippen LogP contribution is 2.27. The first-order valence-corrected chi connectivity index (χ1v) is 11.3. The molecule has 3 N–H and O–H groups in total. The highest BCUT2D eigenvalue weighted by atomic mass is 35.5. The Morgan fingerprint density at radius 1 is 1.10 bits per heavy atom. The lowest BCUT2D eigenvalue weighted by atomic mass is 9.94. The summed E-state index contributed by atoms with van der Waals surface area (Å²) >= 11 is 11.6. The third-order valence-corrected chi connectivity index (χ3v) is 6.97. The predicted octanol–water partition coefficient (Wildman–Crippen LogP) is 4.11. The Hall–Kier alpha value is -1.78. The molecule has 30 heavy (non-hydrogen) atoms. The van der Waals surface area contributed by atoms with Crippen LogP contribution in [-0.4, -0.2) is 31.6 Å². The number of hydrogen-bond donors (Lipinski definition) is 3. The van der Waals surface area contributed by atoms with Crippen LogP contribution in [-0.2, 0) is 10.0 Å². The van der Waals surface area contributed by atoms with Crippen LogP contribution in [0.4, 0.5) is 14.5 Å². The summed E-state index contributed by atoms with van der Waals surface area (Å²) in [7, 11) is -4.07. The molecule has 1 saturated carbocycles. The van der Waals surface area contributed by atoms with Gasteiger partial charge in [-0.1, -0.05) is 23.2 Å². The first kappa shape index (κ1) is 22.9. The van der Waals surface area contributed by atoms with Crippen molar-refractivity contribution < 1.29 is 27.1 Å². The molecule has 0 saturated heterocycles. The van der Waals surface area contributed by atoms with E-state index in [2.05, 4.69) is 10.0 Å². The van der Waals surface area contributed by atoms with Gasteiger partial charge in [-0.25, -0.2) is 21.9 Å². The van der Waals surface area contributed by atoms with Crippen molar-refractivity contribution in [3.63, 3.8) is 0 Å². The number of halogens is 4. The standard InChI is InChI=1S/C19H18Cl2F2N2O4S/c20-14-5-4-10(19(27)24-12-8-15(21)18(23)16(22)9-12)6-17(14)30(28,29)25-11-2-1-3-13(26)7-11/h4-6,8-9,11,13,25-26H,1-3,7H2,(H,24,27). The van der Waals surface area contributed by atoms with Gasteiger partial charge in [0.15, 0.2) is 11.6 Å². The molecule has 2 aromatic rings. The van der Waals surface area contributed by atoms with Crippen molar-refractivity contribution in [2.24, 2.45) is 0 Å². The highest BCUT2D eigenvalue weighted by molar-refractivity contribution is 7.89. The summed E-state index contributed by atoms with van der Waals surface area (Å²) in [5.74, 6) is -3.25. The molecule has 162 valence electrons. The molecule has 0 aromatic heterocycles. The van der Waals surface area contributed by atoms with Gasteiger partial charge in [0.2, 0.25) is 10.0 Å². The first-order valence-electron chi connectivity index (χ1n) is 9.02. The molecule has 0 heterocycles. The summed E-state index contributed by atoms with van der Waals surface area (Å²) < 4.78 is 54.8. The van der Waals surface area contributed by atoms with Gasteiger partial charge in [0.05, 0.1) is 16.1 Å². The lowest BCUT2D eigenvalue weighted by Gasteiger charge is -2.26. The van der Waals surface area contributed by atoms with Crippen LogP contribution in [0.5, 0.6) is 0 Å². The summed E-state index contributed by atoms with van der Waals surface area (Å²) in [6.45, 7) is 0. The number of rotatable bonds is 5. The van der Waals surface area contributed by atoms with E-state index in [0.29, 0.717) is 19.3 Å². The number of carbonyl (C=O) groups excluding carboxylic acids is 1. The van der Waals surface area contributed by atoms with Crippen molar-refractivity contribution in [3.8, 4) is 0 Å². The Morgan fingerprint density at radius 2 is 1.83 bits per heavy atom. The van der Waals surface area contributed by atoms with E-state index >= 15 is 0 Å². The molecule has 1 aliphatic carbocycles. The van der Waals surface area contributed by atoms with Crippen LogP contribution < -0.4 is 10.0 Å². The zero-order valence-electron chi connectivity index (χ0n) is 15.5. The molecule has 1 fully saturated rings. The van der Waals surface area contributed by atoms with Crippen molar-refractivity contribution in [1.29, 1.82) is 0 Å². The molecule has 0 spiro atoms. The second-order valence-corrected chi connectivity index (χ2v) is 9.49. The number of carbonyl (C=O) groups is 1. The Kier molecular flexibility index (Phi) is 6.98. The van der Waals surface area contributed by atoms with E-state index in [4.69, 9.17) is 23.2 Å². The van der Waals surface area contributed by atoms with E-state index in [1.807, 2.05) is 0 Å². The fourth-order valence-electron chi connectivity index (χ4n) is 3.24. The summed E-state index contributed by atoms with van der Waals surface area (Å²) in [6, 6.07) is 4.96. The van der Waals surface area contributed by atoms with Gasteiger partial charge in [-0.15, -0.1) is 0 Å². The van der Waals surface area contributed by atoms with Crippen molar-refractivity contribution in [1.82, 2.24) is 4.72 Å². The normalized spacial score (nSPS) is 19.5. The summed E-state index contributed by atoms with van der Waals surface area (Å²) in [4.78, 5) is 12.2. The lowest BCUT2D eigenvalue weighted by molar-refractivity contribution is 0.102. The van der Waals surface area contributed by atoms with Crippen LogP contribution in [0, 0.1) is 11.6 Å². The minimum absolute atomic E-state index is 0.0655. The Bertz CT molecular complexity index is 1060. The van der Waals surface area contributed by atoms with E-state index in [0.717, 1.165) is 18.2 Å². The second-order valence-electron chi connectivity index (χ2n) is 6.99. The minimum atomic E-state index is -4.07. The molecule has 2 atom stereocenters. The van der Waals surface area contributed by atoms with Gasteiger partial charge in [0.25, 0.3) is 5.91 Å². The molecular formula is C19H18Cl2F2N2O4S. The molecule has 2 aromatic carbocycles. The van der Waals surface area contributed by atoms with Gasteiger partial charge in [-0.05, 0) is 49.9 Å². The number of nitrogens with one attached hydrogen (secondary N) is 2. The third kappa shape index (κ3) is 5.28. The van der Waals surface area contributed by atoms with E-state index in [1.165, 1.54) is 12.1 Å². The predicted molar refractivity (Wildman–Crippen MR) is 109 cm³/mol. The molecule has 3 rings (SSSR count). The minimum Gasteiger partial charge on any atom is -0.393 e. The summed E-state index contributed by atoms with van der Waals surface area (Å²) in [6.07, 6.45) is 1.57. The van der Waals surface area contributed by atoms with Crippen LogP contribution in [0.2, 0.25) is 10.0 Å². The summed E-state index contributed by atoms with van der Waals surface area (Å²) in [5, 5.41) is 11.5. The van der Waals surface area contributed by atoms with Crippen molar-refractivity contribution >= 4 is 44.8 Å². The Labute approximate surface area is 182 Å². The van der Waals surface area contributed by atoms with E-state index in [1.54, 1.807) is 0 Å². The largest absolute Gasteiger partial charge is 0.393 e. The van der Waals surface area contributed by atoms with Gasteiger partial charge in [-0.3, -0.25) is 4.79 Å². The highest BCUT2D eigenvalue weighted by Gasteiger charge is 2.27. The molecule has 0 aliphatic heterocycles. The smallest absolute Gasteiger partial charge is 0.255 e. The number of sulfonamides is 1. The number of aliphatic hydroxyl groups excluding tert-OH is 1. The average Bonchev–Trinajstić information content (AvgIpc) is 2.65. The van der Waals surface area contributed by atoms with Crippen molar-refractivity contribution in [2.45, 2.75) is 42.7 Å². The fourth-order valence-corrected chi connectivity index (χ4v) is 5.25. The fraction of sp³-hybridized carbons (Fsp3) is 0.316. The summed E-state index contributed by atoms with van der Waals surface area (Å²) in [5.41, 5.74) is -0.165. The van der Waals surface area contributed by atoms with Crippen LogP contribution in [0.25, 0.3) is 0 Å². The number of anilines is 1. The van der Waals surface area contributed by atoms with E-state index in [-0.39, 0.29) is 27.6 Å². The molecule has 11 heteroatoms. The van der Waals surface area contributed by atoms with Gasteiger partial charge in [-0.2, -0.15) is 0 Å². The maximum atomic E-state index is 13.5. The molecule has 1 amide bonds. The Balaban J connectivity index is 1.82. The maximum Gasteiger partial charge on any atom is 0.255 e. The molecule has 0 radical (unpaired) electrons. The van der Waals surface area contributed by atoms with Crippen LogP contribution in [0.15, 0.2) is 35.2 Å². The third-order valence-electron chi connectivity index (χ3n) is 4.69. The maximum absolute atomic E-state index is 13.5.